The summed E-state index contributed by atoms with van der Waals surface area (Å²) < 4.78 is 0. The van der Waals surface area contributed by atoms with Gasteiger partial charge in [-0.1, -0.05) is 91.0 Å². The number of nitrogens with one attached hydrogen (secondary N) is 2. The van der Waals surface area contributed by atoms with E-state index in [0.29, 0.717) is 0 Å². The van der Waals surface area contributed by atoms with Crippen molar-refractivity contribution in [2.75, 3.05) is 0 Å². The molecule has 0 saturated carbocycles. The molecule has 158 valence electrons. The summed E-state index contributed by atoms with van der Waals surface area (Å²) in [5.41, 5.74) is 5.15. The van der Waals surface area contributed by atoms with E-state index in [2.05, 4.69) is 15.8 Å². The topological polar surface area (TPSA) is 70.6 Å². The zero-order valence-corrected chi connectivity index (χ0v) is 17.8. The molecule has 3 aromatic carbocycles. The fourth-order valence-electron chi connectivity index (χ4n) is 3.51. The van der Waals surface area contributed by atoms with Crippen LogP contribution in [0.25, 0.3) is 0 Å². The molecule has 0 aliphatic carbocycles. The molecule has 2 amide bonds. The number of hydrogen-bond acceptors (Lipinski definition) is 3. The third kappa shape index (κ3) is 5.45. The van der Waals surface area contributed by atoms with Crippen molar-refractivity contribution in [2.24, 2.45) is 5.10 Å². The smallest absolute Gasteiger partial charge is 0.240 e. The van der Waals surface area contributed by atoms with Crippen molar-refractivity contribution in [1.82, 2.24) is 10.7 Å². The predicted octanol–water partition coefficient (Wildman–Crippen LogP) is 4.39. The third-order valence-corrected chi connectivity index (χ3v) is 4.93. The van der Waals surface area contributed by atoms with Crippen LogP contribution in [0.5, 0.6) is 0 Å². The van der Waals surface area contributed by atoms with E-state index in [9.17, 15) is 9.59 Å². The van der Waals surface area contributed by atoms with Crippen molar-refractivity contribution in [1.29, 1.82) is 0 Å². The van der Waals surface area contributed by atoms with E-state index in [1.54, 1.807) is 13.8 Å². The molecule has 31 heavy (non-hydrogen) atoms. The van der Waals surface area contributed by atoms with Gasteiger partial charge in [-0.05, 0) is 30.5 Å². The van der Waals surface area contributed by atoms with Gasteiger partial charge in [0.2, 0.25) is 11.8 Å². The van der Waals surface area contributed by atoms with Crippen molar-refractivity contribution in [3.8, 4) is 0 Å². The molecular formula is C26H27N3O2. The first-order valence-electron chi connectivity index (χ1n) is 10.3. The van der Waals surface area contributed by atoms with E-state index >= 15 is 0 Å². The summed E-state index contributed by atoms with van der Waals surface area (Å²) in [6.45, 7) is 3.59. The maximum Gasteiger partial charge on any atom is 0.240 e. The van der Waals surface area contributed by atoms with Crippen LogP contribution in [0, 0.1) is 0 Å². The third-order valence-electron chi connectivity index (χ3n) is 4.93. The molecule has 0 aromatic heterocycles. The van der Waals surface area contributed by atoms with Crippen molar-refractivity contribution >= 4 is 17.5 Å². The Kier molecular flexibility index (Phi) is 7.33. The number of nitrogens with zero attached hydrogens (tertiary/aromatic N) is 1. The highest BCUT2D eigenvalue weighted by Crippen LogP contribution is 2.36. The molecule has 0 bridgehead atoms. The lowest BCUT2D eigenvalue weighted by molar-refractivity contribution is -0.127. The van der Waals surface area contributed by atoms with Gasteiger partial charge in [-0.15, -0.1) is 0 Å². The van der Waals surface area contributed by atoms with Crippen molar-refractivity contribution < 1.29 is 9.59 Å². The Morgan fingerprint density at radius 3 is 1.45 bits per heavy atom. The Bertz CT molecular complexity index is 931. The number of carbonyl (C=O) groups excluding carboxylic acids is 2. The van der Waals surface area contributed by atoms with Crippen LogP contribution in [0.2, 0.25) is 0 Å². The average molecular weight is 414 g/mol. The normalized spacial score (nSPS) is 10.8. The minimum atomic E-state index is -0.879. The summed E-state index contributed by atoms with van der Waals surface area (Å²) >= 11 is 0. The molecule has 0 saturated heterocycles. The van der Waals surface area contributed by atoms with Gasteiger partial charge in [0.15, 0.2) is 0 Å². The molecule has 3 aromatic rings. The molecule has 2 N–H and O–H groups in total. The Balaban J connectivity index is 1.97. The Hall–Kier alpha value is -3.73. The molecule has 0 spiro atoms. The average Bonchev–Trinajstić information content (AvgIpc) is 2.81. The first-order chi connectivity index (χ1) is 15.0. The first-order valence-corrected chi connectivity index (χ1v) is 10.3. The number of carbonyl (C=O) groups is 2. The van der Waals surface area contributed by atoms with Crippen molar-refractivity contribution in [3.63, 3.8) is 0 Å². The van der Waals surface area contributed by atoms with Crippen LogP contribution in [-0.2, 0) is 15.1 Å². The molecule has 0 fully saturated rings. The van der Waals surface area contributed by atoms with Crippen LogP contribution in [0.4, 0.5) is 0 Å². The molecule has 0 atom stereocenters. The summed E-state index contributed by atoms with van der Waals surface area (Å²) in [4.78, 5) is 25.1. The second-order valence-electron chi connectivity index (χ2n) is 7.49. The molecule has 5 nitrogen and oxygen atoms in total. The first kappa shape index (κ1) is 22.0. The van der Waals surface area contributed by atoms with Gasteiger partial charge in [0.1, 0.15) is 5.54 Å². The summed E-state index contributed by atoms with van der Waals surface area (Å²) in [7, 11) is 0. The van der Waals surface area contributed by atoms with Gasteiger partial charge < -0.3 is 5.32 Å². The van der Waals surface area contributed by atoms with Gasteiger partial charge in [0.25, 0.3) is 0 Å². The van der Waals surface area contributed by atoms with E-state index in [0.717, 1.165) is 22.4 Å². The van der Waals surface area contributed by atoms with Gasteiger partial charge in [0, 0.05) is 18.6 Å². The van der Waals surface area contributed by atoms with E-state index in [-0.39, 0.29) is 24.7 Å². The predicted molar refractivity (Wildman–Crippen MR) is 124 cm³/mol. The zero-order chi connectivity index (χ0) is 22.1. The quantitative estimate of drug-likeness (QED) is 0.327. The fourth-order valence-corrected chi connectivity index (χ4v) is 3.51. The SMILES string of the molecule is CC(C)=NNC(=O)CCC(=O)NC(c1ccccc1)(c1ccccc1)c1ccccc1. The van der Waals surface area contributed by atoms with E-state index in [1.807, 2.05) is 91.0 Å². The van der Waals surface area contributed by atoms with Crippen LogP contribution < -0.4 is 10.7 Å². The van der Waals surface area contributed by atoms with Crippen molar-refractivity contribution in [3.05, 3.63) is 108 Å². The van der Waals surface area contributed by atoms with Crippen LogP contribution in [0.3, 0.4) is 0 Å². The molecule has 0 heterocycles. The monoisotopic (exact) mass is 413 g/mol. The lowest BCUT2D eigenvalue weighted by atomic mass is 9.77. The minimum Gasteiger partial charge on any atom is -0.338 e. The standard InChI is InChI=1S/C26H27N3O2/c1-20(2)28-29-25(31)19-18-24(30)27-26(21-12-6-3-7-13-21,22-14-8-4-9-15-22)23-16-10-5-11-17-23/h3-17H,18-19H2,1-2H3,(H,27,30)(H,29,31). The van der Waals surface area contributed by atoms with Gasteiger partial charge in [-0.25, -0.2) is 5.43 Å². The van der Waals surface area contributed by atoms with Gasteiger partial charge in [0.05, 0.1) is 0 Å². The van der Waals surface area contributed by atoms with E-state index in [1.165, 1.54) is 0 Å². The Labute approximate surface area is 183 Å². The lowest BCUT2D eigenvalue weighted by Crippen LogP contribution is -2.48. The van der Waals surface area contributed by atoms with Crippen LogP contribution >= 0.6 is 0 Å². The highest BCUT2D eigenvalue weighted by Gasteiger charge is 2.37. The number of hydrazone groups is 1. The Morgan fingerprint density at radius 1 is 0.677 bits per heavy atom. The van der Waals surface area contributed by atoms with Crippen LogP contribution in [-0.4, -0.2) is 17.5 Å². The number of benzene rings is 3. The molecule has 3 rings (SSSR count). The maximum absolute atomic E-state index is 13.1. The molecule has 0 aliphatic rings. The van der Waals surface area contributed by atoms with E-state index < -0.39 is 5.54 Å². The number of hydrogen-bond donors (Lipinski definition) is 2. The van der Waals surface area contributed by atoms with Gasteiger partial charge >= 0.3 is 0 Å². The molecule has 0 radical (unpaired) electrons. The summed E-state index contributed by atoms with van der Waals surface area (Å²) in [6.07, 6.45) is 0.107. The summed E-state index contributed by atoms with van der Waals surface area (Å²) in [5.74, 6) is -0.509. The molecule has 0 unspecified atom stereocenters. The second-order valence-corrected chi connectivity index (χ2v) is 7.49. The highest BCUT2D eigenvalue weighted by molar-refractivity contribution is 5.86. The van der Waals surface area contributed by atoms with Crippen molar-refractivity contribution in [2.45, 2.75) is 32.2 Å². The van der Waals surface area contributed by atoms with Gasteiger partial charge in [-0.2, -0.15) is 5.10 Å². The highest BCUT2D eigenvalue weighted by atomic mass is 16.2. The molecule has 0 aliphatic heterocycles. The zero-order valence-electron chi connectivity index (χ0n) is 17.8. The lowest BCUT2D eigenvalue weighted by Gasteiger charge is -2.37. The van der Waals surface area contributed by atoms with Crippen LogP contribution in [0.1, 0.15) is 43.4 Å². The summed E-state index contributed by atoms with van der Waals surface area (Å²) in [6, 6.07) is 29.6. The number of amides is 2. The second kappa shape index (κ2) is 10.3. The maximum atomic E-state index is 13.1. The fraction of sp³-hybridized carbons (Fsp3) is 0.192. The Morgan fingerprint density at radius 2 is 1.06 bits per heavy atom. The molecular weight excluding hydrogens is 386 g/mol. The van der Waals surface area contributed by atoms with E-state index in [4.69, 9.17) is 0 Å². The largest absolute Gasteiger partial charge is 0.338 e. The van der Waals surface area contributed by atoms with Crippen LogP contribution in [0.15, 0.2) is 96.1 Å². The number of rotatable bonds is 8. The minimum absolute atomic E-state index is 0.0526. The van der Waals surface area contributed by atoms with Gasteiger partial charge in [-0.3, -0.25) is 9.59 Å². The molecule has 5 heteroatoms. The summed E-state index contributed by atoms with van der Waals surface area (Å²) in [5, 5.41) is 7.15.